The van der Waals surface area contributed by atoms with Crippen molar-refractivity contribution in [2.75, 3.05) is 33.3 Å². The normalized spacial score (nSPS) is 17.4. The molecule has 2 amide bonds. The Morgan fingerprint density at radius 1 is 0.938 bits per heavy atom. The maximum absolute atomic E-state index is 13.1. The Morgan fingerprint density at radius 3 is 2.31 bits per heavy atom. The summed E-state index contributed by atoms with van der Waals surface area (Å²) in [5.74, 6) is -1.63. The van der Waals surface area contributed by atoms with Crippen molar-refractivity contribution in [3.05, 3.63) is 36.0 Å². The van der Waals surface area contributed by atoms with Crippen molar-refractivity contribution >= 4 is 34.5 Å². The number of hydrogen-bond acceptors (Lipinski definition) is 5. The summed E-state index contributed by atoms with van der Waals surface area (Å²) in [6, 6.07) is 7.35. The maximum Gasteiger partial charge on any atom is 0.308 e. The molecule has 1 aromatic heterocycles. The molecule has 3 heterocycles. The van der Waals surface area contributed by atoms with Crippen LogP contribution in [0.25, 0.3) is 10.9 Å². The molecule has 0 spiro atoms. The Balaban J connectivity index is 1.51. The molecule has 2 aromatic rings. The highest BCUT2D eigenvalue weighted by Gasteiger charge is 2.32. The SMILES string of the molecule is COC(=O)C1CCN(C(=O)C(=O)c2cn(CC(=O)N3CCCCC3)c3ccccc23)CC1. The minimum absolute atomic E-state index is 0.0284. The van der Waals surface area contributed by atoms with Gasteiger partial charge in [-0.05, 0) is 38.2 Å². The van der Waals surface area contributed by atoms with Crippen LogP contribution < -0.4 is 0 Å². The van der Waals surface area contributed by atoms with E-state index >= 15 is 0 Å². The van der Waals surface area contributed by atoms with E-state index in [9.17, 15) is 19.2 Å². The summed E-state index contributed by atoms with van der Waals surface area (Å²) in [5, 5.41) is 0.668. The first-order chi connectivity index (χ1) is 15.5. The standard InChI is InChI=1S/C24H29N3O5/c1-32-24(31)17-9-13-26(14-10-17)23(30)22(29)19-15-27(20-8-4-3-7-18(19)20)16-21(28)25-11-5-2-6-12-25/h3-4,7-8,15,17H,2,5-6,9-14,16H2,1H3. The van der Waals surface area contributed by atoms with Gasteiger partial charge in [-0.25, -0.2) is 0 Å². The Hall–Kier alpha value is -3.16. The molecule has 0 unspecified atom stereocenters. The molecule has 0 bridgehead atoms. The van der Waals surface area contributed by atoms with E-state index in [-0.39, 0.29) is 24.3 Å². The third-order valence-corrected chi connectivity index (χ3v) is 6.56. The molecule has 2 fully saturated rings. The highest BCUT2D eigenvalue weighted by Crippen LogP contribution is 2.25. The third kappa shape index (κ3) is 4.40. The number of methoxy groups -OCH3 is 1. The lowest BCUT2D eigenvalue weighted by Crippen LogP contribution is -2.43. The van der Waals surface area contributed by atoms with Gasteiger partial charge in [-0.2, -0.15) is 0 Å². The van der Waals surface area contributed by atoms with Crippen LogP contribution in [0.4, 0.5) is 0 Å². The average molecular weight is 440 g/mol. The molecule has 0 N–H and O–H groups in total. The van der Waals surface area contributed by atoms with Crippen molar-refractivity contribution in [3.63, 3.8) is 0 Å². The van der Waals surface area contributed by atoms with Crippen molar-refractivity contribution in [1.82, 2.24) is 14.4 Å². The van der Waals surface area contributed by atoms with E-state index in [0.717, 1.165) is 37.9 Å². The molecule has 32 heavy (non-hydrogen) atoms. The number of Topliss-reactive ketones (excluding diaryl/α,β-unsaturated/α-hetero) is 1. The highest BCUT2D eigenvalue weighted by molar-refractivity contribution is 6.44. The molecule has 8 heteroatoms. The van der Waals surface area contributed by atoms with Gasteiger partial charge in [0.1, 0.15) is 6.54 Å². The molecule has 4 rings (SSSR count). The van der Waals surface area contributed by atoms with Crippen molar-refractivity contribution in [1.29, 1.82) is 0 Å². The second-order valence-electron chi connectivity index (χ2n) is 8.55. The smallest absolute Gasteiger partial charge is 0.308 e. The van der Waals surface area contributed by atoms with E-state index in [0.29, 0.717) is 36.9 Å². The zero-order chi connectivity index (χ0) is 22.7. The summed E-state index contributed by atoms with van der Waals surface area (Å²) >= 11 is 0. The third-order valence-electron chi connectivity index (χ3n) is 6.56. The van der Waals surface area contributed by atoms with E-state index in [4.69, 9.17) is 4.74 Å². The van der Waals surface area contributed by atoms with Crippen LogP contribution in [0.3, 0.4) is 0 Å². The molecule has 170 valence electrons. The topological polar surface area (TPSA) is 88.9 Å². The Kier molecular flexibility index (Phi) is 6.58. The molecule has 2 aliphatic rings. The van der Waals surface area contributed by atoms with Gasteiger partial charge in [-0.3, -0.25) is 19.2 Å². The van der Waals surface area contributed by atoms with E-state index in [1.807, 2.05) is 23.1 Å². The predicted molar refractivity (Wildman–Crippen MR) is 118 cm³/mol. The molecule has 2 saturated heterocycles. The number of fused-ring (bicyclic) bond motifs is 1. The van der Waals surface area contributed by atoms with E-state index in [1.165, 1.54) is 12.0 Å². The number of benzene rings is 1. The van der Waals surface area contributed by atoms with Crippen molar-refractivity contribution in [2.24, 2.45) is 5.92 Å². The number of likely N-dealkylation sites (tertiary alicyclic amines) is 2. The summed E-state index contributed by atoms with van der Waals surface area (Å²) in [6.07, 6.45) is 5.78. The fourth-order valence-corrected chi connectivity index (χ4v) is 4.69. The number of ether oxygens (including phenoxy) is 1. The number of hydrogen-bond donors (Lipinski definition) is 0. The van der Waals surface area contributed by atoms with E-state index in [2.05, 4.69) is 0 Å². The monoisotopic (exact) mass is 439 g/mol. The first-order valence-corrected chi connectivity index (χ1v) is 11.3. The molecule has 8 nitrogen and oxygen atoms in total. The van der Waals surface area contributed by atoms with Crippen LogP contribution >= 0.6 is 0 Å². The molecule has 0 aliphatic carbocycles. The van der Waals surface area contributed by atoms with Crippen molar-refractivity contribution in [3.8, 4) is 0 Å². The number of carbonyl (C=O) groups excluding carboxylic acids is 4. The number of nitrogens with zero attached hydrogens (tertiary/aromatic N) is 3. The van der Waals surface area contributed by atoms with Gasteiger partial charge >= 0.3 is 5.97 Å². The number of para-hydroxylation sites is 1. The first kappa shape index (κ1) is 22.0. The van der Waals surface area contributed by atoms with Gasteiger partial charge in [-0.15, -0.1) is 0 Å². The van der Waals surface area contributed by atoms with Gasteiger partial charge in [-0.1, -0.05) is 18.2 Å². The summed E-state index contributed by atoms with van der Waals surface area (Å²) in [5.41, 5.74) is 1.07. The lowest BCUT2D eigenvalue weighted by molar-refractivity contribution is -0.148. The first-order valence-electron chi connectivity index (χ1n) is 11.3. The predicted octanol–water partition coefficient (Wildman–Crippen LogP) is 2.25. The lowest BCUT2D eigenvalue weighted by atomic mass is 9.96. The largest absolute Gasteiger partial charge is 0.469 e. The van der Waals surface area contributed by atoms with Crippen LogP contribution in [0.2, 0.25) is 0 Å². The minimum Gasteiger partial charge on any atom is -0.469 e. The molecular weight excluding hydrogens is 410 g/mol. The van der Waals surface area contributed by atoms with Crippen LogP contribution in [-0.2, 0) is 25.7 Å². The minimum atomic E-state index is -0.582. The van der Waals surface area contributed by atoms with Crippen LogP contribution in [0, 0.1) is 5.92 Å². The van der Waals surface area contributed by atoms with Crippen LogP contribution in [0.15, 0.2) is 30.5 Å². The molecule has 0 saturated carbocycles. The van der Waals surface area contributed by atoms with Gasteiger partial charge in [0.05, 0.1) is 18.6 Å². The average Bonchev–Trinajstić information content (AvgIpc) is 3.21. The van der Waals surface area contributed by atoms with Crippen molar-refractivity contribution < 1.29 is 23.9 Å². The van der Waals surface area contributed by atoms with E-state index < -0.39 is 11.7 Å². The lowest BCUT2D eigenvalue weighted by Gasteiger charge is -2.30. The molecule has 2 aliphatic heterocycles. The number of esters is 1. The van der Waals surface area contributed by atoms with Gasteiger partial charge in [0.25, 0.3) is 11.7 Å². The number of carbonyl (C=O) groups is 4. The van der Waals surface area contributed by atoms with Gasteiger partial charge in [0, 0.05) is 43.3 Å². The zero-order valence-corrected chi connectivity index (χ0v) is 18.4. The number of ketones is 1. The van der Waals surface area contributed by atoms with Gasteiger partial charge < -0.3 is 19.1 Å². The summed E-state index contributed by atoms with van der Waals surface area (Å²) in [7, 11) is 1.36. The molecule has 0 radical (unpaired) electrons. The quantitative estimate of drug-likeness (QED) is 0.405. The van der Waals surface area contributed by atoms with Crippen LogP contribution in [0.5, 0.6) is 0 Å². The Morgan fingerprint density at radius 2 is 1.62 bits per heavy atom. The van der Waals surface area contributed by atoms with Crippen LogP contribution in [-0.4, -0.2) is 71.2 Å². The zero-order valence-electron chi connectivity index (χ0n) is 18.4. The maximum atomic E-state index is 13.1. The molecule has 0 atom stereocenters. The summed E-state index contributed by atoms with van der Waals surface area (Å²) < 4.78 is 6.56. The van der Waals surface area contributed by atoms with Crippen LogP contribution in [0.1, 0.15) is 42.5 Å². The number of amides is 2. The Labute approximate surface area is 187 Å². The van der Waals surface area contributed by atoms with Crippen molar-refractivity contribution in [2.45, 2.75) is 38.6 Å². The number of aromatic nitrogens is 1. The second kappa shape index (κ2) is 9.54. The summed E-state index contributed by atoms with van der Waals surface area (Å²) in [4.78, 5) is 54.0. The highest BCUT2D eigenvalue weighted by atomic mass is 16.5. The van der Waals surface area contributed by atoms with Gasteiger partial charge in [0.15, 0.2) is 0 Å². The fourth-order valence-electron chi connectivity index (χ4n) is 4.69. The number of rotatable bonds is 5. The van der Waals surface area contributed by atoms with E-state index in [1.54, 1.807) is 16.8 Å². The second-order valence-corrected chi connectivity index (χ2v) is 8.55. The molecular formula is C24H29N3O5. The number of piperidine rings is 2. The molecule has 1 aromatic carbocycles. The van der Waals surface area contributed by atoms with Gasteiger partial charge in [0.2, 0.25) is 5.91 Å². The summed E-state index contributed by atoms with van der Waals surface area (Å²) in [6.45, 7) is 2.37. The Bertz CT molecular complexity index is 1030. The fraction of sp³-hybridized carbons (Fsp3) is 0.500.